The molecule has 0 aliphatic carbocycles. The highest BCUT2D eigenvalue weighted by molar-refractivity contribution is 6.07. The summed E-state index contributed by atoms with van der Waals surface area (Å²) in [5.74, 6) is 0.261. The number of furan rings is 1. The number of hydrogen-bond acceptors (Lipinski definition) is 6. The van der Waals surface area contributed by atoms with Crippen LogP contribution in [0.4, 0.5) is 5.69 Å². The molecule has 0 saturated heterocycles. The zero-order valence-electron chi connectivity index (χ0n) is 17.6. The number of aromatic nitrogens is 2. The minimum atomic E-state index is -0.505. The Morgan fingerprint density at radius 3 is 2.52 bits per heavy atom. The molecule has 0 radical (unpaired) electrons. The second-order valence-electron chi connectivity index (χ2n) is 6.88. The first kappa shape index (κ1) is 21.8. The lowest BCUT2D eigenvalue weighted by atomic mass is 10.1. The molecule has 9 nitrogen and oxygen atoms in total. The molecule has 0 unspecified atom stereocenters. The van der Waals surface area contributed by atoms with Gasteiger partial charge in [0.15, 0.2) is 11.5 Å². The molecular weight excluding hydrogens is 400 g/mol. The average Bonchev–Trinajstić information content (AvgIpc) is 3.37. The van der Waals surface area contributed by atoms with Crippen LogP contribution in [0.15, 0.2) is 47.0 Å². The van der Waals surface area contributed by atoms with Gasteiger partial charge < -0.3 is 19.8 Å². The summed E-state index contributed by atoms with van der Waals surface area (Å²) in [6, 6.07) is 9.92. The van der Waals surface area contributed by atoms with Gasteiger partial charge in [0.1, 0.15) is 23.8 Å². The molecule has 9 heteroatoms. The summed E-state index contributed by atoms with van der Waals surface area (Å²) in [5, 5.41) is 9.47. The van der Waals surface area contributed by atoms with Crippen molar-refractivity contribution >= 4 is 23.3 Å². The summed E-state index contributed by atoms with van der Waals surface area (Å²) in [7, 11) is 1.63. The fraction of sp³-hybridized carbons (Fsp3) is 0.273. The molecule has 0 spiro atoms. The van der Waals surface area contributed by atoms with E-state index >= 15 is 0 Å². The first-order valence-electron chi connectivity index (χ1n) is 9.83. The number of benzene rings is 1. The Balaban J connectivity index is 1.62. The number of anilines is 1. The number of rotatable bonds is 9. The van der Waals surface area contributed by atoms with Gasteiger partial charge in [-0.15, -0.1) is 0 Å². The van der Waals surface area contributed by atoms with E-state index in [0.717, 1.165) is 6.42 Å². The van der Waals surface area contributed by atoms with Crippen molar-refractivity contribution in [3.63, 3.8) is 0 Å². The standard InChI is InChI=1S/C22H24N4O5/c1-4-11-23-22(29)20-18(12-24-26(20)3)25-21(28)19-10-9-17(31-19)13-30-16-7-5-15(6-8-16)14(2)27/h5-10,12H,4,11,13H2,1-3H3,(H,23,29)(H,25,28). The average molecular weight is 424 g/mol. The Morgan fingerprint density at radius 2 is 1.84 bits per heavy atom. The van der Waals surface area contributed by atoms with Gasteiger partial charge in [0.05, 0.1) is 11.9 Å². The number of nitrogens with zero attached hydrogens (tertiary/aromatic N) is 2. The zero-order valence-corrected chi connectivity index (χ0v) is 17.6. The van der Waals surface area contributed by atoms with Crippen LogP contribution in [0.3, 0.4) is 0 Å². The molecule has 3 aromatic rings. The lowest BCUT2D eigenvalue weighted by Crippen LogP contribution is -2.27. The smallest absolute Gasteiger partial charge is 0.291 e. The van der Waals surface area contributed by atoms with Crippen LogP contribution in [0, 0.1) is 0 Å². The van der Waals surface area contributed by atoms with E-state index in [2.05, 4.69) is 15.7 Å². The number of ether oxygens (including phenoxy) is 1. The van der Waals surface area contributed by atoms with Crippen LogP contribution in [0.2, 0.25) is 0 Å². The molecule has 31 heavy (non-hydrogen) atoms. The Labute approximate surface area is 179 Å². The fourth-order valence-corrected chi connectivity index (χ4v) is 2.82. The summed E-state index contributed by atoms with van der Waals surface area (Å²) in [6.07, 6.45) is 2.21. The minimum absolute atomic E-state index is 0.0205. The maximum absolute atomic E-state index is 12.6. The summed E-state index contributed by atoms with van der Waals surface area (Å²) >= 11 is 0. The predicted octanol–water partition coefficient (Wildman–Crippen LogP) is 3.19. The van der Waals surface area contributed by atoms with Crippen molar-refractivity contribution < 1.29 is 23.5 Å². The summed E-state index contributed by atoms with van der Waals surface area (Å²) < 4.78 is 12.6. The van der Waals surface area contributed by atoms with E-state index in [0.29, 0.717) is 29.3 Å². The van der Waals surface area contributed by atoms with Crippen LogP contribution in [-0.2, 0) is 13.7 Å². The molecule has 0 saturated carbocycles. The van der Waals surface area contributed by atoms with Crippen LogP contribution in [0.1, 0.15) is 57.4 Å². The normalized spacial score (nSPS) is 10.5. The van der Waals surface area contributed by atoms with E-state index in [9.17, 15) is 14.4 Å². The Hall–Kier alpha value is -3.88. The number of hydrogen-bond donors (Lipinski definition) is 2. The van der Waals surface area contributed by atoms with Crippen LogP contribution >= 0.6 is 0 Å². The summed E-state index contributed by atoms with van der Waals surface area (Å²) in [5.41, 5.74) is 1.15. The van der Waals surface area contributed by atoms with Gasteiger partial charge >= 0.3 is 0 Å². The van der Waals surface area contributed by atoms with E-state index in [1.165, 1.54) is 23.9 Å². The Morgan fingerprint density at radius 1 is 1.10 bits per heavy atom. The number of carbonyl (C=O) groups excluding carboxylic acids is 3. The van der Waals surface area contributed by atoms with E-state index < -0.39 is 5.91 Å². The highest BCUT2D eigenvalue weighted by Crippen LogP contribution is 2.18. The molecule has 2 N–H and O–H groups in total. The van der Waals surface area contributed by atoms with E-state index in [-0.39, 0.29) is 29.8 Å². The SMILES string of the molecule is CCCNC(=O)c1c(NC(=O)c2ccc(COc3ccc(C(C)=O)cc3)o2)cnn1C. The minimum Gasteiger partial charge on any atom is -0.486 e. The number of aryl methyl sites for hydroxylation is 1. The molecular formula is C22H24N4O5. The number of nitrogens with one attached hydrogen (secondary N) is 2. The Kier molecular flexibility index (Phi) is 6.86. The van der Waals surface area contributed by atoms with Gasteiger partial charge in [0.2, 0.25) is 0 Å². The van der Waals surface area contributed by atoms with Crippen molar-refractivity contribution in [1.29, 1.82) is 0 Å². The van der Waals surface area contributed by atoms with Gasteiger partial charge in [-0.2, -0.15) is 5.10 Å². The van der Waals surface area contributed by atoms with Gasteiger partial charge in [-0.05, 0) is 49.7 Å². The molecule has 0 aliphatic rings. The van der Waals surface area contributed by atoms with Crippen LogP contribution < -0.4 is 15.4 Å². The summed E-state index contributed by atoms with van der Waals surface area (Å²) in [6.45, 7) is 4.09. The van der Waals surface area contributed by atoms with E-state index in [4.69, 9.17) is 9.15 Å². The number of amides is 2. The topological polar surface area (TPSA) is 115 Å². The largest absolute Gasteiger partial charge is 0.486 e. The van der Waals surface area contributed by atoms with Crippen LogP contribution in [-0.4, -0.2) is 33.9 Å². The fourth-order valence-electron chi connectivity index (χ4n) is 2.82. The van der Waals surface area contributed by atoms with Crippen molar-refractivity contribution in [2.45, 2.75) is 26.9 Å². The molecule has 2 aromatic heterocycles. The lowest BCUT2D eigenvalue weighted by Gasteiger charge is -2.07. The van der Waals surface area contributed by atoms with Crippen LogP contribution in [0.25, 0.3) is 0 Å². The number of Topliss-reactive ketones (excluding diaryl/α,β-unsaturated/α-hetero) is 1. The first-order valence-corrected chi connectivity index (χ1v) is 9.83. The Bertz CT molecular complexity index is 1080. The van der Waals surface area contributed by atoms with Gasteiger partial charge in [0, 0.05) is 19.2 Å². The predicted molar refractivity (Wildman–Crippen MR) is 113 cm³/mol. The molecule has 0 fully saturated rings. The molecule has 0 atom stereocenters. The van der Waals surface area contributed by atoms with Crippen molar-refractivity contribution in [3.8, 4) is 5.75 Å². The number of carbonyl (C=O) groups is 3. The van der Waals surface area contributed by atoms with Crippen molar-refractivity contribution in [3.05, 3.63) is 65.4 Å². The van der Waals surface area contributed by atoms with E-state index in [1.807, 2.05) is 6.92 Å². The summed E-state index contributed by atoms with van der Waals surface area (Å²) in [4.78, 5) is 36.2. The quantitative estimate of drug-likeness (QED) is 0.510. The van der Waals surface area contributed by atoms with Gasteiger partial charge in [-0.3, -0.25) is 19.1 Å². The van der Waals surface area contributed by atoms with E-state index in [1.54, 1.807) is 37.4 Å². The monoisotopic (exact) mass is 424 g/mol. The third-order valence-electron chi connectivity index (χ3n) is 4.46. The third-order valence-corrected chi connectivity index (χ3v) is 4.46. The molecule has 0 bridgehead atoms. The second kappa shape index (κ2) is 9.75. The number of ketones is 1. The first-order chi connectivity index (χ1) is 14.9. The second-order valence-corrected chi connectivity index (χ2v) is 6.88. The van der Waals surface area contributed by atoms with Crippen LogP contribution in [0.5, 0.6) is 5.75 Å². The van der Waals surface area contributed by atoms with Crippen molar-refractivity contribution in [2.75, 3.05) is 11.9 Å². The molecule has 2 amide bonds. The highest BCUT2D eigenvalue weighted by atomic mass is 16.5. The van der Waals surface area contributed by atoms with Crippen molar-refractivity contribution in [1.82, 2.24) is 15.1 Å². The lowest BCUT2D eigenvalue weighted by molar-refractivity contribution is 0.0944. The maximum Gasteiger partial charge on any atom is 0.291 e. The van der Waals surface area contributed by atoms with Gasteiger partial charge in [0.25, 0.3) is 11.8 Å². The third kappa shape index (κ3) is 5.39. The molecule has 162 valence electrons. The molecule has 2 heterocycles. The molecule has 1 aromatic carbocycles. The highest BCUT2D eigenvalue weighted by Gasteiger charge is 2.20. The van der Waals surface area contributed by atoms with Gasteiger partial charge in [-0.1, -0.05) is 6.92 Å². The zero-order chi connectivity index (χ0) is 22.4. The molecule has 3 rings (SSSR count). The van der Waals surface area contributed by atoms with Crippen molar-refractivity contribution in [2.24, 2.45) is 7.05 Å². The molecule has 0 aliphatic heterocycles. The maximum atomic E-state index is 12.6. The van der Waals surface area contributed by atoms with Gasteiger partial charge in [-0.25, -0.2) is 0 Å².